The molecule has 0 fully saturated rings. The van der Waals surface area contributed by atoms with Crippen LogP contribution in [0.4, 0.5) is 0 Å². The lowest BCUT2D eigenvalue weighted by atomic mass is 9.89. The highest BCUT2D eigenvalue weighted by atomic mass is 79.9. The molecule has 1 aliphatic carbocycles. The average molecular weight is 517 g/mol. The molecule has 3 aromatic rings. The molecule has 0 radical (unpaired) electrons. The molecule has 1 aliphatic rings. The molecule has 0 N–H and O–H groups in total. The monoisotopic (exact) mass is 515 g/mol. The summed E-state index contributed by atoms with van der Waals surface area (Å²) in [7, 11) is -3.88. The molecule has 0 saturated heterocycles. The van der Waals surface area contributed by atoms with Gasteiger partial charge in [-0.25, -0.2) is 12.4 Å². The first-order valence-corrected chi connectivity index (χ1v) is 13.5. The molecule has 1 atom stereocenters. The summed E-state index contributed by atoms with van der Waals surface area (Å²) in [5, 5.41) is 0.757. The van der Waals surface area contributed by atoms with Crippen molar-refractivity contribution in [3.63, 3.8) is 0 Å². The Balaban J connectivity index is 2.07. The Kier molecular flexibility index (Phi) is 5.91. The van der Waals surface area contributed by atoms with Crippen molar-refractivity contribution in [1.29, 1.82) is 0 Å². The van der Waals surface area contributed by atoms with Crippen molar-refractivity contribution in [2.75, 3.05) is 0 Å². The molecule has 2 aromatic carbocycles. The summed E-state index contributed by atoms with van der Waals surface area (Å²) in [6.07, 6.45) is 2.20. The third-order valence-corrected chi connectivity index (χ3v) is 8.97. The minimum absolute atomic E-state index is 0.00488. The Hall–Kier alpha value is -1.92. The maximum Gasteiger partial charge on any atom is 0.268 e. The molecule has 1 heterocycles. The predicted molar refractivity (Wildman–Crippen MR) is 134 cm³/mol. The maximum atomic E-state index is 14.3. The number of halogens is 1. The molecule has 0 saturated carbocycles. The van der Waals surface area contributed by atoms with Crippen LogP contribution < -0.4 is 0 Å². The van der Waals surface area contributed by atoms with E-state index < -0.39 is 10.0 Å². The average Bonchev–Trinajstić information content (AvgIpc) is 3.10. The lowest BCUT2D eigenvalue weighted by Crippen LogP contribution is -2.21. The molecular formula is C26H30BrNO3S. The van der Waals surface area contributed by atoms with Crippen molar-refractivity contribution in [2.45, 2.75) is 75.4 Å². The van der Waals surface area contributed by atoms with E-state index in [4.69, 9.17) is 0 Å². The van der Waals surface area contributed by atoms with Crippen LogP contribution in [-0.4, -0.2) is 23.0 Å². The Morgan fingerprint density at radius 1 is 0.969 bits per heavy atom. The number of benzene rings is 2. The molecule has 4 rings (SSSR count). The minimum atomic E-state index is -3.88. The first kappa shape index (κ1) is 23.2. The Morgan fingerprint density at radius 2 is 1.56 bits per heavy atom. The van der Waals surface area contributed by atoms with Crippen LogP contribution in [0.15, 0.2) is 41.4 Å². The van der Waals surface area contributed by atoms with Crippen LogP contribution in [0.1, 0.15) is 91.9 Å². The van der Waals surface area contributed by atoms with Crippen LogP contribution in [-0.2, 0) is 16.4 Å². The van der Waals surface area contributed by atoms with Gasteiger partial charge < -0.3 is 0 Å². The zero-order valence-electron chi connectivity index (χ0n) is 19.4. The molecule has 0 aliphatic heterocycles. The molecule has 0 amide bonds. The van der Waals surface area contributed by atoms with Gasteiger partial charge in [0.05, 0.1) is 15.2 Å². The van der Waals surface area contributed by atoms with Gasteiger partial charge in [0.25, 0.3) is 10.0 Å². The summed E-state index contributed by atoms with van der Waals surface area (Å²) in [5.41, 5.74) is 4.90. The fourth-order valence-electron chi connectivity index (χ4n) is 4.64. The second kappa shape index (κ2) is 8.14. The molecule has 4 nitrogen and oxygen atoms in total. The Bertz CT molecular complexity index is 1300. The summed E-state index contributed by atoms with van der Waals surface area (Å²) >= 11 is 3.47. The Morgan fingerprint density at radius 3 is 2.09 bits per heavy atom. The van der Waals surface area contributed by atoms with Crippen LogP contribution >= 0.6 is 15.9 Å². The number of nitrogens with zero attached hydrogens (tertiary/aromatic N) is 1. The van der Waals surface area contributed by atoms with Crippen LogP contribution in [0.25, 0.3) is 10.9 Å². The number of hydrogen-bond donors (Lipinski definition) is 0. The predicted octanol–water partition coefficient (Wildman–Crippen LogP) is 6.75. The first-order valence-electron chi connectivity index (χ1n) is 11.2. The number of carbonyl (C=O) groups excluding carboxylic acids is 1. The lowest BCUT2D eigenvalue weighted by Gasteiger charge is -2.23. The second-order valence-corrected chi connectivity index (χ2v) is 12.5. The zero-order valence-corrected chi connectivity index (χ0v) is 21.8. The van der Waals surface area contributed by atoms with Crippen LogP contribution in [0.5, 0.6) is 0 Å². The molecule has 170 valence electrons. The number of hydrogen-bond acceptors (Lipinski definition) is 3. The van der Waals surface area contributed by atoms with Gasteiger partial charge in [-0.2, -0.15) is 0 Å². The van der Waals surface area contributed by atoms with Crippen LogP contribution in [0, 0.1) is 0 Å². The molecule has 32 heavy (non-hydrogen) atoms. The summed E-state index contributed by atoms with van der Waals surface area (Å²) in [4.78, 5) is 12.8. The van der Waals surface area contributed by atoms with E-state index in [1.165, 1.54) is 3.97 Å². The summed E-state index contributed by atoms with van der Waals surface area (Å²) < 4.78 is 29.9. The maximum absolute atomic E-state index is 14.3. The van der Waals surface area contributed by atoms with Gasteiger partial charge in [-0.3, -0.25) is 4.79 Å². The normalized spacial score (nSPS) is 16.7. The highest BCUT2D eigenvalue weighted by Crippen LogP contribution is 2.39. The van der Waals surface area contributed by atoms with E-state index in [1.54, 1.807) is 24.4 Å². The molecule has 0 spiro atoms. The fourth-order valence-corrected chi connectivity index (χ4v) is 7.29. The van der Waals surface area contributed by atoms with Gasteiger partial charge in [0.2, 0.25) is 0 Å². The van der Waals surface area contributed by atoms with Crippen LogP contribution in [0.2, 0.25) is 0 Å². The van der Waals surface area contributed by atoms with Crippen LogP contribution in [0.3, 0.4) is 0 Å². The molecule has 6 heteroatoms. The summed E-state index contributed by atoms with van der Waals surface area (Å²) in [6, 6.07) is 9.47. The standard InChI is InChI=1S/C26H30BrNO3S/c1-14(2)17-10-20(15(3)4)26(21(11-17)16(5)6)32(30,31)28-13-18-12-22(27)25(29)19-8-7-9-23(28)24(18)19/h7-11,13-16,22H,12H2,1-6H3. The number of carbonyl (C=O) groups is 1. The van der Waals surface area contributed by atoms with Crippen molar-refractivity contribution in [3.8, 4) is 0 Å². The summed E-state index contributed by atoms with van der Waals surface area (Å²) in [6.45, 7) is 12.4. The van der Waals surface area contributed by atoms with Gasteiger partial charge in [0, 0.05) is 17.1 Å². The minimum Gasteiger partial charge on any atom is -0.293 e. The van der Waals surface area contributed by atoms with Gasteiger partial charge in [-0.1, -0.05) is 81.7 Å². The van der Waals surface area contributed by atoms with E-state index >= 15 is 0 Å². The van der Waals surface area contributed by atoms with Crippen molar-refractivity contribution < 1.29 is 13.2 Å². The molecule has 1 unspecified atom stereocenters. The smallest absolute Gasteiger partial charge is 0.268 e. The molecule has 1 aromatic heterocycles. The Labute approximate surface area is 199 Å². The SMILES string of the molecule is CC(C)c1cc(C(C)C)c(S(=O)(=O)n2cc3c4c(cccc42)C(=O)C(Br)C3)c(C(C)C)c1. The fraction of sp³-hybridized carbons (Fsp3) is 0.423. The number of Topliss-reactive ketones (excluding diaryl/α,β-unsaturated/α-hetero) is 1. The lowest BCUT2D eigenvalue weighted by molar-refractivity contribution is 0.0990. The van der Waals surface area contributed by atoms with E-state index in [0.717, 1.165) is 27.6 Å². The summed E-state index contributed by atoms with van der Waals surface area (Å²) in [5.74, 6) is 0.415. The van der Waals surface area contributed by atoms with E-state index in [1.807, 2.05) is 27.7 Å². The quantitative estimate of drug-likeness (QED) is 0.353. The van der Waals surface area contributed by atoms with Crippen molar-refractivity contribution in [3.05, 3.63) is 64.3 Å². The molecular weight excluding hydrogens is 486 g/mol. The van der Waals surface area contributed by atoms with Gasteiger partial charge in [-0.15, -0.1) is 0 Å². The first-order chi connectivity index (χ1) is 14.9. The number of ketones is 1. The highest BCUT2D eigenvalue weighted by molar-refractivity contribution is 9.10. The topological polar surface area (TPSA) is 56.1 Å². The number of alkyl halides is 1. The third kappa shape index (κ3) is 3.56. The zero-order chi connectivity index (χ0) is 23.5. The van der Waals surface area contributed by atoms with Gasteiger partial charge in [0.15, 0.2) is 5.78 Å². The van der Waals surface area contributed by atoms with Gasteiger partial charge >= 0.3 is 0 Å². The van der Waals surface area contributed by atoms with E-state index in [0.29, 0.717) is 28.3 Å². The highest BCUT2D eigenvalue weighted by Gasteiger charge is 2.34. The molecule has 0 bridgehead atoms. The number of rotatable bonds is 5. The number of aromatic nitrogens is 1. The van der Waals surface area contributed by atoms with Crippen molar-refractivity contribution in [2.24, 2.45) is 0 Å². The third-order valence-electron chi connectivity index (χ3n) is 6.42. The van der Waals surface area contributed by atoms with E-state index in [-0.39, 0.29) is 22.4 Å². The van der Waals surface area contributed by atoms with E-state index in [2.05, 4.69) is 41.9 Å². The van der Waals surface area contributed by atoms with Gasteiger partial charge in [-0.05, 0) is 52.5 Å². The van der Waals surface area contributed by atoms with Crippen molar-refractivity contribution in [1.82, 2.24) is 3.97 Å². The van der Waals surface area contributed by atoms with E-state index in [9.17, 15) is 13.2 Å². The largest absolute Gasteiger partial charge is 0.293 e. The van der Waals surface area contributed by atoms with Crippen molar-refractivity contribution >= 4 is 42.6 Å². The van der Waals surface area contributed by atoms with Gasteiger partial charge in [0.1, 0.15) is 0 Å². The second-order valence-electron chi connectivity index (χ2n) is 9.68.